The van der Waals surface area contributed by atoms with Crippen LogP contribution in [0.1, 0.15) is 37.3 Å². The highest BCUT2D eigenvalue weighted by Crippen LogP contribution is 2.25. The van der Waals surface area contributed by atoms with E-state index in [4.69, 9.17) is 21.4 Å². The molecule has 0 aliphatic carbocycles. The Kier molecular flexibility index (Phi) is 5.45. The molecule has 1 aromatic carbocycles. The molecule has 0 spiro atoms. The maximum Gasteiger partial charge on any atom is 0.305 e. The molecule has 0 atom stereocenters. The van der Waals surface area contributed by atoms with Crippen LogP contribution in [0.2, 0.25) is 5.02 Å². The first-order valence-corrected chi connectivity index (χ1v) is 5.96. The molecule has 94 valence electrons. The van der Waals surface area contributed by atoms with E-state index < -0.39 is 5.97 Å². The third-order valence-corrected chi connectivity index (χ3v) is 2.76. The molecule has 0 amide bonds. The van der Waals surface area contributed by atoms with Crippen molar-refractivity contribution in [2.75, 3.05) is 6.61 Å². The Balaban J connectivity index is 2.54. The second kappa shape index (κ2) is 6.62. The fourth-order valence-electron chi connectivity index (χ4n) is 1.47. The highest BCUT2D eigenvalue weighted by atomic mass is 35.5. The number of hydrogen-bond donors (Lipinski definition) is 1. The highest BCUT2D eigenvalue weighted by Gasteiger charge is 2.06. The lowest BCUT2D eigenvalue weighted by molar-refractivity contribution is -0.138. The predicted octanol–water partition coefficient (Wildman–Crippen LogP) is 3.45. The van der Waals surface area contributed by atoms with Crippen molar-refractivity contribution < 1.29 is 14.6 Å². The Bertz CT molecular complexity index is 388. The molecule has 0 aromatic heterocycles. The smallest absolute Gasteiger partial charge is 0.305 e. The molecule has 0 bridgehead atoms. The fourth-order valence-corrected chi connectivity index (χ4v) is 1.81. The van der Waals surface area contributed by atoms with Crippen LogP contribution < -0.4 is 0 Å². The van der Waals surface area contributed by atoms with Gasteiger partial charge in [0.1, 0.15) is 0 Å². The van der Waals surface area contributed by atoms with Crippen LogP contribution in [-0.4, -0.2) is 17.7 Å². The van der Waals surface area contributed by atoms with Gasteiger partial charge >= 0.3 is 5.97 Å². The molecule has 1 aromatic rings. The van der Waals surface area contributed by atoms with Crippen LogP contribution in [0.15, 0.2) is 18.2 Å². The molecule has 0 saturated carbocycles. The van der Waals surface area contributed by atoms with Gasteiger partial charge in [-0.3, -0.25) is 4.79 Å². The monoisotopic (exact) mass is 256 g/mol. The molecular weight excluding hydrogens is 240 g/mol. The molecular formula is C13H17ClO3. The van der Waals surface area contributed by atoms with Gasteiger partial charge < -0.3 is 9.84 Å². The fraction of sp³-hybridized carbons (Fsp3) is 0.462. The van der Waals surface area contributed by atoms with E-state index in [1.807, 2.05) is 18.2 Å². The van der Waals surface area contributed by atoms with Gasteiger partial charge in [0.15, 0.2) is 0 Å². The lowest BCUT2D eigenvalue weighted by atomic mass is 10.0. The van der Waals surface area contributed by atoms with E-state index in [9.17, 15) is 4.79 Å². The van der Waals surface area contributed by atoms with Crippen molar-refractivity contribution in [2.24, 2.45) is 0 Å². The minimum atomic E-state index is -0.844. The average Bonchev–Trinajstić information content (AvgIpc) is 2.25. The van der Waals surface area contributed by atoms with Gasteiger partial charge in [-0.25, -0.2) is 0 Å². The zero-order chi connectivity index (χ0) is 12.8. The standard InChI is InChI=1S/C13H17ClO3/c1-9(2)11-7-10(3-4-12(11)14)8-17-6-5-13(15)16/h3-4,7,9H,5-6,8H2,1-2H3,(H,15,16). The number of aliphatic carboxylic acids is 1. The molecule has 1 N–H and O–H groups in total. The van der Waals surface area contributed by atoms with Crippen LogP contribution in [0.4, 0.5) is 0 Å². The van der Waals surface area contributed by atoms with E-state index in [1.165, 1.54) is 0 Å². The lowest BCUT2D eigenvalue weighted by Crippen LogP contribution is -2.03. The summed E-state index contributed by atoms with van der Waals surface area (Å²) in [6.07, 6.45) is 0.0324. The third kappa shape index (κ3) is 4.75. The molecule has 17 heavy (non-hydrogen) atoms. The van der Waals surface area contributed by atoms with Gasteiger partial charge in [0.05, 0.1) is 19.6 Å². The summed E-state index contributed by atoms with van der Waals surface area (Å²) in [5.74, 6) is -0.481. The summed E-state index contributed by atoms with van der Waals surface area (Å²) in [6.45, 7) is 4.81. The maximum atomic E-state index is 10.3. The van der Waals surface area contributed by atoms with Crippen LogP contribution in [-0.2, 0) is 16.1 Å². The van der Waals surface area contributed by atoms with Crippen molar-refractivity contribution >= 4 is 17.6 Å². The van der Waals surface area contributed by atoms with Crippen LogP contribution in [0, 0.1) is 0 Å². The Morgan fingerprint density at radius 2 is 2.18 bits per heavy atom. The molecule has 3 nitrogen and oxygen atoms in total. The molecule has 0 fully saturated rings. The number of ether oxygens (including phenoxy) is 1. The predicted molar refractivity (Wildman–Crippen MR) is 67.4 cm³/mol. The van der Waals surface area contributed by atoms with Gasteiger partial charge in [-0.2, -0.15) is 0 Å². The van der Waals surface area contributed by atoms with Gasteiger partial charge in [0.25, 0.3) is 0 Å². The van der Waals surface area contributed by atoms with E-state index in [-0.39, 0.29) is 13.0 Å². The molecule has 0 aliphatic heterocycles. The molecule has 0 heterocycles. The van der Waals surface area contributed by atoms with E-state index in [0.29, 0.717) is 12.5 Å². The maximum absolute atomic E-state index is 10.3. The summed E-state index contributed by atoms with van der Waals surface area (Å²) < 4.78 is 5.28. The number of benzene rings is 1. The number of halogens is 1. The number of carbonyl (C=O) groups is 1. The molecule has 1 rings (SSSR count). The number of carboxylic acid groups (broad SMARTS) is 1. The van der Waals surface area contributed by atoms with E-state index in [0.717, 1.165) is 16.1 Å². The average molecular weight is 257 g/mol. The van der Waals surface area contributed by atoms with Gasteiger partial charge in [-0.05, 0) is 23.1 Å². The first-order valence-electron chi connectivity index (χ1n) is 5.58. The minimum absolute atomic E-state index is 0.0324. The van der Waals surface area contributed by atoms with Crippen molar-refractivity contribution in [3.63, 3.8) is 0 Å². The zero-order valence-corrected chi connectivity index (χ0v) is 10.8. The first kappa shape index (κ1) is 14.0. The summed E-state index contributed by atoms with van der Waals surface area (Å²) >= 11 is 6.08. The molecule has 0 unspecified atom stereocenters. The summed E-state index contributed by atoms with van der Waals surface area (Å²) in [5, 5.41) is 9.23. The Hall–Kier alpha value is -1.06. The molecule has 4 heteroatoms. The van der Waals surface area contributed by atoms with Crippen LogP contribution >= 0.6 is 11.6 Å². The van der Waals surface area contributed by atoms with Gasteiger partial charge in [0.2, 0.25) is 0 Å². The van der Waals surface area contributed by atoms with Crippen molar-refractivity contribution in [1.82, 2.24) is 0 Å². The van der Waals surface area contributed by atoms with Gasteiger partial charge in [0, 0.05) is 5.02 Å². The second-order valence-electron chi connectivity index (χ2n) is 4.21. The third-order valence-electron chi connectivity index (χ3n) is 2.41. The summed E-state index contributed by atoms with van der Waals surface area (Å²) in [4.78, 5) is 10.3. The SMILES string of the molecule is CC(C)c1cc(COCCC(=O)O)ccc1Cl. The van der Waals surface area contributed by atoms with E-state index in [2.05, 4.69) is 13.8 Å². The van der Waals surface area contributed by atoms with Crippen LogP contribution in [0.5, 0.6) is 0 Å². The topological polar surface area (TPSA) is 46.5 Å². The second-order valence-corrected chi connectivity index (χ2v) is 4.61. The summed E-state index contributed by atoms with van der Waals surface area (Å²) in [6, 6.07) is 5.76. The number of hydrogen-bond acceptors (Lipinski definition) is 2. The Labute approximate surface area is 106 Å². The minimum Gasteiger partial charge on any atom is -0.481 e. The van der Waals surface area contributed by atoms with Gasteiger partial charge in [-0.1, -0.05) is 37.6 Å². The van der Waals surface area contributed by atoms with Crippen molar-refractivity contribution in [3.05, 3.63) is 34.3 Å². The van der Waals surface area contributed by atoms with Crippen LogP contribution in [0.25, 0.3) is 0 Å². The molecule has 0 saturated heterocycles. The summed E-state index contributed by atoms with van der Waals surface area (Å²) in [7, 11) is 0. The quantitative estimate of drug-likeness (QED) is 0.793. The highest BCUT2D eigenvalue weighted by molar-refractivity contribution is 6.31. The summed E-state index contributed by atoms with van der Waals surface area (Å²) in [5.41, 5.74) is 2.11. The van der Waals surface area contributed by atoms with Crippen molar-refractivity contribution in [2.45, 2.75) is 32.8 Å². The zero-order valence-electron chi connectivity index (χ0n) is 10.1. The van der Waals surface area contributed by atoms with Crippen LogP contribution in [0.3, 0.4) is 0 Å². The van der Waals surface area contributed by atoms with Gasteiger partial charge in [-0.15, -0.1) is 0 Å². The van der Waals surface area contributed by atoms with Crippen molar-refractivity contribution in [1.29, 1.82) is 0 Å². The molecule has 0 aliphatic rings. The largest absolute Gasteiger partial charge is 0.481 e. The van der Waals surface area contributed by atoms with E-state index >= 15 is 0 Å². The van der Waals surface area contributed by atoms with E-state index in [1.54, 1.807) is 0 Å². The lowest BCUT2D eigenvalue weighted by Gasteiger charge is -2.10. The van der Waals surface area contributed by atoms with Crippen molar-refractivity contribution in [3.8, 4) is 0 Å². The normalized spacial score (nSPS) is 10.8. The Morgan fingerprint density at radius 3 is 2.76 bits per heavy atom. The first-order chi connectivity index (χ1) is 8.00. The number of rotatable bonds is 6. The molecule has 0 radical (unpaired) electrons. The number of carboxylic acids is 1. The Morgan fingerprint density at radius 1 is 1.47 bits per heavy atom.